The van der Waals surface area contributed by atoms with Crippen molar-refractivity contribution in [3.8, 4) is 11.1 Å². The number of aliphatic carboxylic acids is 1. The SMILES string of the molecule is O=C(O)/C=C/C(=O)Nc1ccc2cc(C(c3ccc(-c4ccccc4)cc3)c3ccc4cc(NC(=O)/C=C/C(O)O)ccc4c3)ccc2c1. The van der Waals surface area contributed by atoms with Crippen LogP contribution in [0.2, 0.25) is 0 Å². The Balaban J connectivity index is 1.35. The van der Waals surface area contributed by atoms with Crippen LogP contribution in [0, 0.1) is 0 Å². The van der Waals surface area contributed by atoms with Gasteiger partial charge in [0.15, 0.2) is 6.29 Å². The van der Waals surface area contributed by atoms with Gasteiger partial charge in [-0.05, 0) is 79.7 Å². The molecule has 6 aromatic carbocycles. The Bertz CT molecular complexity index is 2220. The average Bonchev–Trinajstić information content (AvgIpc) is 3.10. The minimum absolute atomic E-state index is 0.117. The maximum Gasteiger partial charge on any atom is 0.328 e. The van der Waals surface area contributed by atoms with Crippen molar-refractivity contribution in [2.24, 2.45) is 0 Å². The molecule has 0 saturated carbocycles. The number of carboxylic acids is 1. The number of rotatable bonds is 10. The molecule has 0 heterocycles. The van der Waals surface area contributed by atoms with Crippen molar-refractivity contribution in [1.29, 1.82) is 0 Å². The molecule has 2 amide bonds. The molecule has 8 heteroatoms. The summed E-state index contributed by atoms with van der Waals surface area (Å²) in [5.74, 6) is -2.31. The van der Waals surface area contributed by atoms with Crippen LogP contribution in [-0.4, -0.2) is 39.4 Å². The molecule has 242 valence electrons. The lowest BCUT2D eigenvalue weighted by Crippen LogP contribution is -2.09. The van der Waals surface area contributed by atoms with Crippen LogP contribution in [0.5, 0.6) is 0 Å². The Morgan fingerprint density at radius 2 is 0.980 bits per heavy atom. The van der Waals surface area contributed by atoms with Gasteiger partial charge in [0, 0.05) is 35.5 Å². The van der Waals surface area contributed by atoms with E-state index in [1.807, 2.05) is 54.6 Å². The smallest absolute Gasteiger partial charge is 0.328 e. The maximum atomic E-state index is 12.2. The van der Waals surface area contributed by atoms with Crippen molar-refractivity contribution < 1.29 is 29.7 Å². The minimum Gasteiger partial charge on any atom is -0.478 e. The van der Waals surface area contributed by atoms with E-state index in [9.17, 15) is 14.4 Å². The molecular weight excluding hydrogens is 616 g/mol. The number of aliphatic hydroxyl groups is 2. The second-order valence-corrected chi connectivity index (χ2v) is 11.5. The van der Waals surface area contributed by atoms with Crippen LogP contribution in [0.4, 0.5) is 11.4 Å². The number of anilines is 2. The lowest BCUT2D eigenvalue weighted by Gasteiger charge is -2.21. The number of hydrogen-bond acceptors (Lipinski definition) is 5. The van der Waals surface area contributed by atoms with E-state index in [1.54, 1.807) is 12.1 Å². The van der Waals surface area contributed by atoms with Gasteiger partial charge in [-0.25, -0.2) is 4.79 Å². The molecule has 1 atom stereocenters. The van der Waals surface area contributed by atoms with Crippen LogP contribution in [0.25, 0.3) is 32.7 Å². The van der Waals surface area contributed by atoms with E-state index in [0.29, 0.717) is 11.4 Å². The number of hydrogen-bond donors (Lipinski definition) is 5. The van der Waals surface area contributed by atoms with E-state index in [1.165, 1.54) is 0 Å². The molecule has 0 radical (unpaired) electrons. The van der Waals surface area contributed by atoms with Crippen molar-refractivity contribution in [3.05, 3.63) is 168 Å². The molecular formula is C41H32N2O6. The number of carboxylic acid groups (broad SMARTS) is 1. The lowest BCUT2D eigenvalue weighted by molar-refractivity contribution is -0.131. The summed E-state index contributed by atoms with van der Waals surface area (Å²) in [4.78, 5) is 35.1. The molecule has 0 spiro atoms. The van der Waals surface area contributed by atoms with Gasteiger partial charge in [-0.15, -0.1) is 0 Å². The van der Waals surface area contributed by atoms with Crippen LogP contribution >= 0.6 is 0 Å². The molecule has 0 aliphatic carbocycles. The van der Waals surface area contributed by atoms with E-state index in [4.69, 9.17) is 15.3 Å². The number of amides is 2. The quantitative estimate of drug-likeness (QED) is 0.0605. The Morgan fingerprint density at radius 3 is 1.51 bits per heavy atom. The fourth-order valence-electron chi connectivity index (χ4n) is 5.81. The standard InChI is InChI=1S/C41H32N2O6/c44-37(18-20-39(46)47)42-35-16-14-29-22-33(12-10-31(29)24-35)41(28-8-6-27(7-9-28)26-4-2-1-3-5-26)34-13-11-32-25-36(17-15-30(32)23-34)43-38(45)19-21-40(48)49/h1-25,39,41,46-47H,(H,42,44)(H,43,45)(H,48,49)/b20-18+,21-19+. The van der Waals surface area contributed by atoms with Crippen molar-refractivity contribution in [2.75, 3.05) is 10.6 Å². The number of nitrogens with one attached hydrogen (secondary N) is 2. The molecule has 0 saturated heterocycles. The minimum atomic E-state index is -1.70. The van der Waals surface area contributed by atoms with Crippen molar-refractivity contribution in [1.82, 2.24) is 0 Å². The highest BCUT2D eigenvalue weighted by Gasteiger charge is 2.19. The topological polar surface area (TPSA) is 136 Å². The Kier molecular flexibility index (Phi) is 9.71. The van der Waals surface area contributed by atoms with Crippen molar-refractivity contribution in [3.63, 3.8) is 0 Å². The fraction of sp³-hybridized carbons (Fsp3) is 0.0488. The summed E-state index contributed by atoms with van der Waals surface area (Å²) in [6.45, 7) is 0. The first-order valence-corrected chi connectivity index (χ1v) is 15.5. The van der Waals surface area contributed by atoms with E-state index in [-0.39, 0.29) is 5.92 Å². The summed E-state index contributed by atoms with van der Waals surface area (Å²) in [6, 6.07) is 42.4. The van der Waals surface area contributed by atoms with Crippen LogP contribution in [0.3, 0.4) is 0 Å². The van der Waals surface area contributed by atoms with E-state index in [2.05, 4.69) is 71.3 Å². The molecule has 0 aromatic heterocycles. The summed E-state index contributed by atoms with van der Waals surface area (Å²) >= 11 is 0. The molecule has 0 aliphatic rings. The molecule has 49 heavy (non-hydrogen) atoms. The van der Waals surface area contributed by atoms with Gasteiger partial charge in [0.2, 0.25) is 11.8 Å². The molecule has 6 aromatic rings. The molecule has 5 N–H and O–H groups in total. The Labute approximate surface area is 282 Å². The third-order valence-electron chi connectivity index (χ3n) is 8.08. The van der Waals surface area contributed by atoms with Gasteiger partial charge in [-0.3, -0.25) is 9.59 Å². The molecule has 1 unspecified atom stereocenters. The number of aliphatic hydroxyl groups excluding tert-OH is 1. The second kappa shape index (κ2) is 14.6. The summed E-state index contributed by atoms with van der Waals surface area (Å²) in [6.07, 6.45) is 2.13. The number of benzene rings is 6. The fourth-order valence-corrected chi connectivity index (χ4v) is 5.81. The third-order valence-corrected chi connectivity index (χ3v) is 8.08. The third kappa shape index (κ3) is 8.15. The Hall–Kier alpha value is -6.35. The predicted octanol–water partition coefficient (Wildman–Crippen LogP) is 7.22. The first kappa shape index (κ1) is 32.6. The van der Waals surface area contributed by atoms with Crippen LogP contribution in [-0.2, 0) is 14.4 Å². The summed E-state index contributed by atoms with van der Waals surface area (Å²) in [5.41, 5.74) is 6.64. The summed E-state index contributed by atoms with van der Waals surface area (Å²) in [7, 11) is 0. The molecule has 0 bridgehead atoms. The summed E-state index contributed by atoms with van der Waals surface area (Å²) in [5, 5.41) is 36.0. The van der Waals surface area contributed by atoms with Gasteiger partial charge in [-0.2, -0.15) is 0 Å². The van der Waals surface area contributed by atoms with Crippen LogP contribution in [0.1, 0.15) is 22.6 Å². The number of carbonyl (C=O) groups is 3. The second-order valence-electron chi connectivity index (χ2n) is 11.5. The Morgan fingerprint density at radius 1 is 0.510 bits per heavy atom. The monoisotopic (exact) mass is 648 g/mol. The van der Waals surface area contributed by atoms with Gasteiger partial charge in [0.25, 0.3) is 0 Å². The average molecular weight is 649 g/mol. The zero-order chi connectivity index (χ0) is 34.3. The van der Waals surface area contributed by atoms with E-state index < -0.39 is 24.1 Å². The maximum absolute atomic E-state index is 12.2. The zero-order valence-electron chi connectivity index (χ0n) is 26.2. The van der Waals surface area contributed by atoms with Crippen LogP contribution in [0.15, 0.2) is 152 Å². The highest BCUT2D eigenvalue weighted by atomic mass is 16.5. The highest BCUT2D eigenvalue weighted by molar-refractivity contribution is 6.03. The van der Waals surface area contributed by atoms with Crippen molar-refractivity contribution >= 4 is 50.7 Å². The largest absolute Gasteiger partial charge is 0.478 e. The highest BCUT2D eigenvalue weighted by Crippen LogP contribution is 2.37. The molecule has 0 fully saturated rings. The summed E-state index contributed by atoms with van der Waals surface area (Å²) < 4.78 is 0. The molecule has 6 rings (SSSR count). The van der Waals surface area contributed by atoms with Gasteiger partial charge < -0.3 is 26.0 Å². The molecule has 8 nitrogen and oxygen atoms in total. The molecule has 0 aliphatic heterocycles. The predicted molar refractivity (Wildman–Crippen MR) is 192 cm³/mol. The van der Waals surface area contributed by atoms with Crippen molar-refractivity contribution in [2.45, 2.75) is 12.2 Å². The van der Waals surface area contributed by atoms with Gasteiger partial charge in [-0.1, -0.05) is 103 Å². The number of carbonyl (C=O) groups excluding carboxylic acids is 2. The lowest BCUT2D eigenvalue weighted by atomic mass is 9.83. The van der Waals surface area contributed by atoms with Crippen LogP contribution < -0.4 is 10.6 Å². The van der Waals surface area contributed by atoms with Gasteiger partial charge in [0.1, 0.15) is 0 Å². The first-order valence-electron chi connectivity index (χ1n) is 15.5. The first-order chi connectivity index (χ1) is 23.7. The normalized spacial score (nSPS) is 12.1. The number of fused-ring (bicyclic) bond motifs is 2. The van der Waals surface area contributed by atoms with Gasteiger partial charge >= 0.3 is 5.97 Å². The van der Waals surface area contributed by atoms with Gasteiger partial charge in [0.05, 0.1) is 0 Å². The zero-order valence-corrected chi connectivity index (χ0v) is 26.2. The van der Waals surface area contributed by atoms with E-state index >= 15 is 0 Å². The van der Waals surface area contributed by atoms with E-state index in [0.717, 1.165) is 73.7 Å².